The van der Waals surface area contributed by atoms with E-state index in [1.165, 1.54) is 0 Å². The van der Waals surface area contributed by atoms with Crippen LogP contribution < -0.4 is 0 Å². The van der Waals surface area contributed by atoms with Crippen LogP contribution in [0.3, 0.4) is 0 Å². The van der Waals surface area contributed by atoms with Gasteiger partial charge in [-0.25, -0.2) is 0 Å². The second kappa shape index (κ2) is 4.13. The predicted octanol–water partition coefficient (Wildman–Crippen LogP) is -0.304. The monoisotopic (exact) mass is 175 g/mol. The molecule has 0 aromatic carbocycles. The normalized spacial score (nSPS) is 34.3. The molecule has 0 aromatic rings. The van der Waals surface area contributed by atoms with Crippen LogP contribution in [0.25, 0.3) is 10.4 Å². The molecule has 1 fully saturated rings. The minimum Gasteiger partial charge on any atom is -0.403 e. The molecule has 68 valence electrons. The van der Waals surface area contributed by atoms with E-state index in [9.17, 15) is 0 Å². The number of nitrogens with zero attached hydrogens (tertiary/aromatic N) is 3. The highest BCUT2D eigenvalue weighted by molar-refractivity contribution is 4.76. The first-order valence-electron chi connectivity index (χ1n) is 3.42. The average Bonchev–Trinajstić information content (AvgIpc) is 2.43. The van der Waals surface area contributed by atoms with Crippen molar-refractivity contribution < 1.29 is 19.8 Å². The second-order valence-electron chi connectivity index (χ2n) is 2.37. The molecule has 7 nitrogen and oxygen atoms in total. The summed E-state index contributed by atoms with van der Waals surface area (Å²) in [6.07, 6.45) is -1.98. The van der Waals surface area contributed by atoms with Crippen molar-refractivity contribution in [2.75, 3.05) is 6.61 Å². The molecule has 0 spiro atoms. The first-order chi connectivity index (χ1) is 5.77. The van der Waals surface area contributed by atoms with E-state index >= 15 is 0 Å². The Morgan fingerprint density at radius 3 is 3.00 bits per heavy atom. The number of aliphatic hydroxyl groups excluding tert-OH is 2. The Morgan fingerprint density at radius 1 is 1.75 bits per heavy atom. The first kappa shape index (κ1) is 9.08. The lowest BCUT2D eigenvalue weighted by Crippen LogP contribution is -2.24. The van der Waals surface area contributed by atoms with Gasteiger partial charge in [0.1, 0.15) is 11.4 Å². The van der Waals surface area contributed by atoms with Crippen molar-refractivity contribution >= 4 is 0 Å². The average molecular weight is 175 g/mol. The molecule has 1 unspecified atom stereocenters. The third kappa shape index (κ3) is 1.99. The van der Waals surface area contributed by atoms with Gasteiger partial charge in [-0.05, 0) is 5.53 Å². The molecular formula is C5H9N3O4. The third-order valence-corrected chi connectivity index (χ3v) is 1.57. The van der Waals surface area contributed by atoms with Crippen LogP contribution in [-0.4, -0.2) is 35.3 Å². The molecule has 1 saturated heterocycles. The third-order valence-electron chi connectivity index (χ3n) is 1.57. The molecule has 0 saturated carbocycles. The Bertz CT molecular complexity index is 193. The van der Waals surface area contributed by atoms with Gasteiger partial charge < -0.3 is 19.8 Å². The van der Waals surface area contributed by atoms with E-state index in [0.29, 0.717) is 0 Å². The molecule has 0 aromatic heterocycles. The van der Waals surface area contributed by atoms with Crippen molar-refractivity contribution in [1.82, 2.24) is 0 Å². The molecule has 12 heavy (non-hydrogen) atoms. The molecule has 1 aliphatic rings. The molecule has 0 bridgehead atoms. The minimum absolute atomic E-state index is 0.199. The Morgan fingerprint density at radius 2 is 2.50 bits per heavy atom. The summed E-state index contributed by atoms with van der Waals surface area (Å²) >= 11 is 0. The lowest BCUT2D eigenvalue weighted by Gasteiger charge is -2.09. The Balaban J connectivity index is 2.37. The smallest absolute Gasteiger partial charge is 0.211 e. The number of hydrogen-bond acceptors (Lipinski definition) is 5. The fourth-order valence-electron chi connectivity index (χ4n) is 0.996. The van der Waals surface area contributed by atoms with Gasteiger partial charge in [0.25, 0.3) is 0 Å². The van der Waals surface area contributed by atoms with Gasteiger partial charge in [-0.3, -0.25) is 0 Å². The minimum atomic E-state index is -0.770. The summed E-state index contributed by atoms with van der Waals surface area (Å²) in [7, 11) is 0. The molecule has 0 radical (unpaired) electrons. The molecule has 0 amide bonds. The molecule has 3 atom stereocenters. The largest absolute Gasteiger partial charge is 0.403 e. The number of hydrogen-bond donors (Lipinski definition) is 2. The van der Waals surface area contributed by atoms with E-state index in [4.69, 9.17) is 20.5 Å². The molecule has 1 rings (SSSR count). The van der Waals surface area contributed by atoms with Crippen LogP contribution >= 0.6 is 0 Å². The van der Waals surface area contributed by atoms with Gasteiger partial charge in [0.2, 0.25) is 6.29 Å². The Labute approximate surface area is 68.1 Å². The molecule has 2 N–H and O–H groups in total. The van der Waals surface area contributed by atoms with Crippen molar-refractivity contribution in [3.8, 4) is 0 Å². The lowest BCUT2D eigenvalue weighted by molar-refractivity contribution is -0.144. The Kier molecular flexibility index (Phi) is 3.12. The van der Waals surface area contributed by atoms with Crippen molar-refractivity contribution in [2.24, 2.45) is 5.28 Å². The molecule has 1 aliphatic heterocycles. The summed E-state index contributed by atoms with van der Waals surface area (Å²) in [6, 6.07) is 0. The van der Waals surface area contributed by atoms with Crippen molar-refractivity contribution in [3.63, 3.8) is 0 Å². The predicted molar refractivity (Wildman–Crippen MR) is 36.6 cm³/mol. The van der Waals surface area contributed by atoms with E-state index in [2.05, 4.69) is 15.0 Å². The van der Waals surface area contributed by atoms with Gasteiger partial charge >= 0.3 is 0 Å². The van der Waals surface area contributed by atoms with Crippen molar-refractivity contribution in [3.05, 3.63) is 10.4 Å². The summed E-state index contributed by atoms with van der Waals surface area (Å²) in [5.41, 5.74) is 7.88. The zero-order chi connectivity index (χ0) is 8.97. The summed E-state index contributed by atoms with van der Waals surface area (Å²) in [4.78, 5) is 6.82. The summed E-state index contributed by atoms with van der Waals surface area (Å²) < 4.78 is 4.94. The zero-order valence-electron chi connectivity index (χ0n) is 6.20. The summed E-state index contributed by atoms with van der Waals surface area (Å²) in [6.45, 7) is -0.280. The molecule has 1 heterocycles. The van der Waals surface area contributed by atoms with Crippen molar-refractivity contribution in [2.45, 2.75) is 24.9 Å². The highest BCUT2D eigenvalue weighted by Gasteiger charge is 2.34. The van der Waals surface area contributed by atoms with E-state index < -0.39 is 18.5 Å². The fourth-order valence-corrected chi connectivity index (χ4v) is 0.996. The van der Waals surface area contributed by atoms with Gasteiger partial charge in [-0.1, -0.05) is 0 Å². The van der Waals surface area contributed by atoms with Gasteiger partial charge in [0, 0.05) is 11.3 Å². The molecule has 7 heteroatoms. The van der Waals surface area contributed by atoms with E-state index in [1.54, 1.807) is 0 Å². The van der Waals surface area contributed by atoms with Gasteiger partial charge in [-0.15, -0.1) is 0 Å². The highest BCUT2D eigenvalue weighted by Crippen LogP contribution is 2.20. The van der Waals surface area contributed by atoms with Crippen LogP contribution in [-0.2, 0) is 9.57 Å². The van der Waals surface area contributed by atoms with Gasteiger partial charge in [0.15, 0.2) is 0 Å². The standard InChI is InChI=1S/C5H9N3O4/c6-7-8-12-5-1-3(10)4(2-9)11-5/h3-5,9-10H,1-2H2/t3-,4+,5?/m0/s1. The van der Waals surface area contributed by atoms with Crippen molar-refractivity contribution in [1.29, 1.82) is 0 Å². The van der Waals surface area contributed by atoms with Gasteiger partial charge in [0.05, 0.1) is 12.7 Å². The quantitative estimate of drug-likeness (QED) is 0.265. The topological polar surface area (TPSA) is 108 Å². The maximum Gasteiger partial charge on any atom is 0.211 e. The van der Waals surface area contributed by atoms with Crippen LogP contribution in [0.5, 0.6) is 0 Å². The maximum atomic E-state index is 9.16. The fraction of sp³-hybridized carbons (Fsp3) is 1.00. The number of aliphatic hydroxyl groups is 2. The van der Waals surface area contributed by atoms with Crippen LogP contribution in [0.15, 0.2) is 5.28 Å². The van der Waals surface area contributed by atoms with Crippen LogP contribution in [0.1, 0.15) is 6.42 Å². The van der Waals surface area contributed by atoms with Crippen LogP contribution in [0, 0.1) is 0 Å². The lowest BCUT2D eigenvalue weighted by atomic mass is 10.2. The second-order valence-corrected chi connectivity index (χ2v) is 2.37. The first-order valence-corrected chi connectivity index (χ1v) is 3.42. The molecule has 0 aliphatic carbocycles. The highest BCUT2D eigenvalue weighted by atomic mass is 16.8. The number of ether oxygens (including phenoxy) is 1. The van der Waals surface area contributed by atoms with Crippen LogP contribution in [0.2, 0.25) is 0 Å². The van der Waals surface area contributed by atoms with E-state index in [1.807, 2.05) is 0 Å². The van der Waals surface area contributed by atoms with Crippen LogP contribution in [0.4, 0.5) is 0 Å². The number of rotatable bonds is 3. The van der Waals surface area contributed by atoms with E-state index in [0.717, 1.165) is 0 Å². The van der Waals surface area contributed by atoms with E-state index in [-0.39, 0.29) is 13.0 Å². The SMILES string of the molecule is [N-]=[N+]=NOC1C[C@H](O)[C@@H](CO)O1. The van der Waals surface area contributed by atoms with Gasteiger partial charge in [-0.2, -0.15) is 0 Å². The zero-order valence-corrected chi connectivity index (χ0v) is 6.20. The summed E-state index contributed by atoms with van der Waals surface area (Å²) in [5, 5.41) is 20.6. The summed E-state index contributed by atoms with van der Waals surface area (Å²) in [5.74, 6) is 0. The molecular weight excluding hydrogens is 166 g/mol. The maximum absolute atomic E-state index is 9.16. The Hall–Kier alpha value is -1.01. The number of azide groups is 1.